The molecule has 0 aromatic heterocycles. The van der Waals surface area contributed by atoms with Gasteiger partial charge in [-0.3, -0.25) is 19.2 Å². The topological polar surface area (TPSA) is 128 Å². The predicted octanol–water partition coefficient (Wildman–Crippen LogP) is 7.94. The maximum Gasteiger partial charge on any atom is 0.302 e. The molecule has 6 rings (SSSR count). The van der Waals surface area contributed by atoms with E-state index in [4.69, 9.17) is 14.2 Å². The Morgan fingerprint density at radius 3 is 2.19 bits per heavy atom. The van der Waals surface area contributed by atoms with Gasteiger partial charge in [-0.25, -0.2) is 0 Å². The molecule has 5 aliphatic carbocycles. The van der Waals surface area contributed by atoms with E-state index in [1.807, 2.05) is 31.2 Å². The lowest BCUT2D eigenvalue weighted by atomic mass is 9.33. The summed E-state index contributed by atoms with van der Waals surface area (Å²) in [6.07, 6.45) is 9.31. The Bertz CT molecular complexity index is 1650. The molecule has 1 aromatic rings. The van der Waals surface area contributed by atoms with Crippen molar-refractivity contribution in [1.29, 1.82) is 0 Å². The van der Waals surface area contributed by atoms with E-state index in [1.54, 1.807) is 0 Å². The zero-order valence-corrected chi connectivity index (χ0v) is 32.9. The van der Waals surface area contributed by atoms with Crippen LogP contribution in [-0.2, 0) is 40.0 Å². The van der Waals surface area contributed by atoms with Crippen molar-refractivity contribution in [2.24, 2.45) is 50.7 Å². The molecule has 0 bridgehead atoms. The molecule has 0 spiro atoms. The van der Waals surface area contributed by atoms with E-state index >= 15 is 0 Å². The average Bonchev–Trinajstić information content (AvgIpc) is 3.06. The Balaban J connectivity index is 1.39. The van der Waals surface area contributed by atoms with Crippen molar-refractivity contribution in [2.75, 3.05) is 11.9 Å². The van der Waals surface area contributed by atoms with Crippen LogP contribution in [0.3, 0.4) is 0 Å². The Labute approximate surface area is 310 Å². The molecule has 4 fully saturated rings. The van der Waals surface area contributed by atoms with E-state index in [0.29, 0.717) is 30.9 Å². The summed E-state index contributed by atoms with van der Waals surface area (Å²) >= 11 is 0. The van der Waals surface area contributed by atoms with Crippen molar-refractivity contribution in [1.82, 2.24) is 0 Å². The lowest BCUT2D eigenvalue weighted by Crippen LogP contribution is -2.68. The standard InChI is InChI=1S/C43H61NO8/c1-26-16-21-43(37(48)44-32-13-11-10-12-30(32)24-50-27(2)45)23-22-40(7)31(36(43)42(26,9)49)14-15-34-38(5)19-18-35(52-29(4)47)39(6,25-51-28(3)46)33(38)17-20-41(34,40)8/h10-14,26,33-36,49H,15-25H2,1-9H3,(H,44,48)/t26-,33-,34-,35+,36-,38+,39+,40-,41-,42-,43+/m1/s1. The van der Waals surface area contributed by atoms with E-state index in [0.717, 1.165) is 44.1 Å². The number of hydrogen-bond donors (Lipinski definition) is 2. The summed E-state index contributed by atoms with van der Waals surface area (Å²) in [6, 6.07) is 7.46. The van der Waals surface area contributed by atoms with Crippen molar-refractivity contribution in [2.45, 2.75) is 138 Å². The molecule has 0 unspecified atom stereocenters. The van der Waals surface area contributed by atoms with Crippen molar-refractivity contribution in [3.8, 4) is 0 Å². The minimum absolute atomic E-state index is 0.00949. The number of amides is 1. The van der Waals surface area contributed by atoms with E-state index in [-0.39, 0.29) is 77.1 Å². The van der Waals surface area contributed by atoms with Crippen LogP contribution in [-0.4, -0.2) is 47.2 Å². The zero-order valence-electron chi connectivity index (χ0n) is 32.9. The summed E-state index contributed by atoms with van der Waals surface area (Å²) < 4.78 is 17.0. The largest absolute Gasteiger partial charge is 0.465 e. The molecule has 2 N–H and O–H groups in total. The minimum atomic E-state index is -1.10. The van der Waals surface area contributed by atoms with Gasteiger partial charge in [0.15, 0.2) is 0 Å². The smallest absolute Gasteiger partial charge is 0.302 e. The van der Waals surface area contributed by atoms with Gasteiger partial charge in [0.2, 0.25) is 5.91 Å². The molecule has 4 saturated carbocycles. The zero-order chi connectivity index (χ0) is 38.1. The molecule has 0 heterocycles. The lowest BCUT2D eigenvalue weighted by Gasteiger charge is -2.72. The Morgan fingerprint density at radius 1 is 0.827 bits per heavy atom. The second-order valence-electron chi connectivity index (χ2n) is 18.4. The van der Waals surface area contributed by atoms with Crippen molar-refractivity contribution < 1.29 is 38.5 Å². The summed E-state index contributed by atoms with van der Waals surface area (Å²) in [4.78, 5) is 50.9. The second kappa shape index (κ2) is 13.3. The Morgan fingerprint density at radius 2 is 1.52 bits per heavy atom. The first-order valence-corrected chi connectivity index (χ1v) is 19.5. The summed E-state index contributed by atoms with van der Waals surface area (Å²) in [7, 11) is 0. The summed E-state index contributed by atoms with van der Waals surface area (Å²) in [6.45, 7) is 18.1. The number of ether oxygens (including phenoxy) is 3. The Kier molecular flexibility index (Phi) is 9.84. The molecule has 0 radical (unpaired) electrons. The fourth-order valence-electron chi connectivity index (χ4n) is 12.7. The maximum absolute atomic E-state index is 14.8. The fraction of sp³-hybridized carbons (Fsp3) is 0.721. The van der Waals surface area contributed by atoms with E-state index in [1.165, 1.54) is 26.3 Å². The number of benzene rings is 1. The van der Waals surface area contributed by atoms with E-state index < -0.39 is 16.4 Å². The van der Waals surface area contributed by atoms with Gasteiger partial charge in [-0.1, -0.05) is 64.5 Å². The number of fused-ring (bicyclic) bond motifs is 7. The van der Waals surface area contributed by atoms with Crippen LogP contribution in [0.5, 0.6) is 0 Å². The first kappa shape index (κ1) is 38.5. The van der Waals surface area contributed by atoms with Crippen LogP contribution in [0.1, 0.15) is 126 Å². The van der Waals surface area contributed by atoms with E-state index in [9.17, 15) is 24.3 Å². The lowest BCUT2D eigenvalue weighted by molar-refractivity contribution is -0.230. The molecule has 52 heavy (non-hydrogen) atoms. The van der Waals surface area contributed by atoms with Gasteiger partial charge in [0, 0.05) is 43.4 Å². The highest BCUT2D eigenvalue weighted by Crippen LogP contribution is 2.76. The summed E-state index contributed by atoms with van der Waals surface area (Å²) in [5, 5.41) is 15.9. The number of hydrogen-bond acceptors (Lipinski definition) is 8. The van der Waals surface area contributed by atoms with Crippen LogP contribution < -0.4 is 5.32 Å². The molecular formula is C43H61NO8. The highest BCUT2D eigenvalue weighted by Gasteiger charge is 2.72. The molecule has 1 amide bonds. The molecule has 0 aliphatic heterocycles. The molecule has 11 atom stereocenters. The molecule has 9 heteroatoms. The van der Waals surface area contributed by atoms with Crippen LogP contribution in [0, 0.1) is 50.7 Å². The molecule has 286 valence electrons. The average molecular weight is 720 g/mol. The van der Waals surface area contributed by atoms with Crippen molar-refractivity contribution >= 4 is 29.5 Å². The third-order valence-corrected chi connectivity index (χ3v) is 15.8. The van der Waals surface area contributed by atoms with Gasteiger partial charge in [0.25, 0.3) is 0 Å². The Hall–Kier alpha value is -3.20. The number of rotatable bonds is 7. The fourth-order valence-corrected chi connectivity index (χ4v) is 12.7. The number of carbonyl (C=O) groups is 4. The number of esters is 3. The number of aliphatic hydroxyl groups is 1. The van der Waals surface area contributed by atoms with Gasteiger partial charge in [0.05, 0.1) is 11.0 Å². The van der Waals surface area contributed by atoms with Gasteiger partial charge in [-0.05, 0) is 105 Å². The van der Waals surface area contributed by atoms with Gasteiger partial charge in [-0.2, -0.15) is 0 Å². The van der Waals surface area contributed by atoms with Crippen LogP contribution in [0.2, 0.25) is 0 Å². The minimum Gasteiger partial charge on any atom is -0.465 e. The van der Waals surface area contributed by atoms with Gasteiger partial charge in [-0.15, -0.1) is 0 Å². The van der Waals surface area contributed by atoms with Gasteiger partial charge in [0.1, 0.15) is 19.3 Å². The quantitative estimate of drug-likeness (QED) is 0.165. The highest BCUT2D eigenvalue weighted by molar-refractivity contribution is 5.97. The first-order chi connectivity index (χ1) is 24.3. The summed E-state index contributed by atoms with van der Waals surface area (Å²) in [5.41, 5.74) is -0.312. The number of carbonyl (C=O) groups excluding carboxylic acids is 4. The van der Waals surface area contributed by atoms with E-state index in [2.05, 4.69) is 46.0 Å². The number of allylic oxidation sites excluding steroid dienone is 1. The molecule has 9 nitrogen and oxygen atoms in total. The normalized spacial score (nSPS) is 42.2. The SMILES string of the molecule is CC(=O)OCc1ccccc1NC(=O)[C@]12CC[C@@H](C)[C@@](C)(O)[C@H]1C1=CC[C@@H]3[C@@]4(C)CC[C@H](OC(C)=O)[C@@](C)(COC(C)=O)[C@@H]4CC[C@@]3(C)[C@]1(C)CC2. The first-order valence-electron chi connectivity index (χ1n) is 19.5. The monoisotopic (exact) mass is 719 g/mol. The highest BCUT2D eigenvalue weighted by atomic mass is 16.6. The molecule has 0 saturated heterocycles. The van der Waals surface area contributed by atoms with Gasteiger partial charge < -0.3 is 24.6 Å². The van der Waals surface area contributed by atoms with Crippen LogP contribution in [0.25, 0.3) is 0 Å². The van der Waals surface area contributed by atoms with Crippen molar-refractivity contribution in [3.63, 3.8) is 0 Å². The van der Waals surface area contributed by atoms with Crippen LogP contribution >= 0.6 is 0 Å². The third-order valence-electron chi connectivity index (χ3n) is 15.8. The maximum atomic E-state index is 14.8. The second-order valence-corrected chi connectivity index (χ2v) is 18.4. The number of para-hydroxylation sites is 1. The summed E-state index contributed by atoms with van der Waals surface area (Å²) in [5.74, 6) is -0.960. The molecule has 1 aromatic carbocycles. The van der Waals surface area contributed by atoms with Crippen molar-refractivity contribution in [3.05, 3.63) is 41.5 Å². The van der Waals surface area contributed by atoms with Crippen LogP contribution in [0.15, 0.2) is 35.9 Å². The molecular weight excluding hydrogens is 658 g/mol. The van der Waals surface area contributed by atoms with Crippen LogP contribution in [0.4, 0.5) is 5.69 Å². The predicted molar refractivity (Wildman–Crippen MR) is 197 cm³/mol. The number of nitrogens with one attached hydrogen (secondary N) is 1. The third kappa shape index (κ3) is 5.83. The number of anilines is 1. The van der Waals surface area contributed by atoms with Gasteiger partial charge >= 0.3 is 17.9 Å². The molecule has 5 aliphatic rings.